The van der Waals surface area contributed by atoms with Crippen molar-refractivity contribution in [1.82, 2.24) is 15.1 Å². The van der Waals surface area contributed by atoms with Crippen LogP contribution in [0, 0.1) is 11.3 Å². The maximum Gasteiger partial charge on any atom is 0.392 e. The molecule has 1 aromatic heterocycles. The van der Waals surface area contributed by atoms with Gasteiger partial charge in [0.05, 0.1) is 12.5 Å². The van der Waals surface area contributed by atoms with Crippen molar-refractivity contribution in [3.8, 4) is 0 Å². The molecule has 132 valence electrons. The van der Waals surface area contributed by atoms with Crippen LogP contribution in [0.5, 0.6) is 0 Å². The molecule has 3 fully saturated rings. The number of nitrogens with zero attached hydrogens (tertiary/aromatic N) is 3. The van der Waals surface area contributed by atoms with Gasteiger partial charge in [-0.1, -0.05) is 5.10 Å². The molecule has 6 nitrogen and oxygen atoms in total. The van der Waals surface area contributed by atoms with Crippen LogP contribution in [0.3, 0.4) is 0 Å². The van der Waals surface area contributed by atoms with E-state index < -0.39 is 18.0 Å². The Kier molecular flexibility index (Phi) is 3.50. The van der Waals surface area contributed by atoms with Crippen LogP contribution in [-0.4, -0.2) is 46.8 Å². The van der Waals surface area contributed by atoms with Gasteiger partial charge in [0.2, 0.25) is 11.8 Å². The lowest BCUT2D eigenvalue weighted by atomic mass is 9.94. The molecule has 2 atom stereocenters. The van der Waals surface area contributed by atoms with Gasteiger partial charge in [0.25, 0.3) is 0 Å². The van der Waals surface area contributed by atoms with Crippen molar-refractivity contribution in [3.05, 3.63) is 5.89 Å². The second-order valence-electron chi connectivity index (χ2n) is 7.17. The molecule has 3 aliphatic rings. The average Bonchev–Trinajstić information content (AvgIpc) is 3.45. The van der Waals surface area contributed by atoms with E-state index in [4.69, 9.17) is 4.42 Å². The number of carbonyl (C=O) groups excluding carboxylic acids is 1. The number of hydrogen-bond acceptors (Lipinski definition) is 5. The second-order valence-corrected chi connectivity index (χ2v) is 7.17. The van der Waals surface area contributed by atoms with Gasteiger partial charge in [0.15, 0.2) is 0 Å². The lowest BCUT2D eigenvalue weighted by Crippen LogP contribution is -2.41. The summed E-state index contributed by atoms with van der Waals surface area (Å²) in [6, 6.07) is 0.00171. The van der Waals surface area contributed by atoms with E-state index in [1.54, 1.807) is 0 Å². The van der Waals surface area contributed by atoms with Crippen LogP contribution < -0.4 is 5.32 Å². The Labute approximate surface area is 136 Å². The minimum absolute atomic E-state index is 0.00171. The predicted octanol–water partition coefficient (Wildman–Crippen LogP) is 2.55. The van der Waals surface area contributed by atoms with Crippen molar-refractivity contribution in [2.45, 2.75) is 44.2 Å². The first-order valence-electron chi connectivity index (χ1n) is 8.28. The number of piperidine rings is 1. The molecule has 0 radical (unpaired) electrons. The van der Waals surface area contributed by atoms with Crippen LogP contribution >= 0.6 is 0 Å². The van der Waals surface area contributed by atoms with E-state index in [9.17, 15) is 18.0 Å². The van der Waals surface area contributed by atoms with Crippen LogP contribution in [0.1, 0.15) is 43.9 Å². The summed E-state index contributed by atoms with van der Waals surface area (Å²) in [5, 5.41) is 10.1. The minimum Gasteiger partial charge on any atom is -0.408 e. The molecule has 2 aliphatic carbocycles. The van der Waals surface area contributed by atoms with Crippen LogP contribution in [-0.2, 0) is 4.79 Å². The van der Waals surface area contributed by atoms with Crippen LogP contribution in [0.2, 0.25) is 0 Å². The van der Waals surface area contributed by atoms with E-state index in [0.29, 0.717) is 5.41 Å². The molecule has 2 saturated carbocycles. The Balaban J connectivity index is 1.25. The third-order valence-electron chi connectivity index (χ3n) is 5.49. The lowest BCUT2D eigenvalue weighted by Gasteiger charge is -2.32. The molecule has 4 rings (SSSR count). The quantitative estimate of drug-likeness (QED) is 0.909. The molecule has 1 spiro atoms. The summed E-state index contributed by atoms with van der Waals surface area (Å²) in [6.07, 6.45) is 0.430. The zero-order chi connectivity index (χ0) is 16.9. The van der Waals surface area contributed by atoms with Crippen molar-refractivity contribution in [2.24, 2.45) is 11.3 Å². The Morgan fingerprint density at radius 1 is 1.25 bits per heavy atom. The van der Waals surface area contributed by atoms with Gasteiger partial charge in [-0.15, -0.1) is 5.10 Å². The van der Waals surface area contributed by atoms with Gasteiger partial charge in [-0.25, -0.2) is 0 Å². The number of amides is 1. The van der Waals surface area contributed by atoms with E-state index in [1.165, 1.54) is 12.8 Å². The minimum atomic E-state index is -4.23. The molecule has 1 amide bonds. The molecule has 1 aliphatic heterocycles. The van der Waals surface area contributed by atoms with Crippen molar-refractivity contribution >= 4 is 11.9 Å². The number of nitrogens with one attached hydrogen (secondary N) is 1. The average molecular weight is 344 g/mol. The normalized spacial score (nSPS) is 28.0. The highest BCUT2D eigenvalue weighted by molar-refractivity contribution is 5.80. The topological polar surface area (TPSA) is 71.3 Å². The molecule has 1 N–H and O–H groups in total. The number of hydrogen-bond donors (Lipinski definition) is 1. The van der Waals surface area contributed by atoms with Gasteiger partial charge in [-0.2, -0.15) is 13.2 Å². The lowest BCUT2D eigenvalue weighted by molar-refractivity contribution is -0.149. The molecule has 2 heterocycles. The summed E-state index contributed by atoms with van der Waals surface area (Å²) in [5.74, 6) is -2.21. The first-order chi connectivity index (χ1) is 11.4. The third kappa shape index (κ3) is 3.08. The van der Waals surface area contributed by atoms with Gasteiger partial charge < -0.3 is 14.6 Å². The highest BCUT2D eigenvalue weighted by Gasteiger charge is 2.58. The Hall–Kier alpha value is -1.80. The van der Waals surface area contributed by atoms with Crippen molar-refractivity contribution in [2.75, 3.05) is 25.0 Å². The monoisotopic (exact) mass is 344 g/mol. The number of likely N-dealkylation sites (tertiary alicyclic amines) is 1. The summed E-state index contributed by atoms with van der Waals surface area (Å²) in [4.78, 5) is 14.0. The molecular formula is C15H19F3N4O2. The maximum atomic E-state index is 12.5. The Bertz CT molecular complexity index is 631. The highest BCUT2D eigenvalue weighted by atomic mass is 19.4. The largest absolute Gasteiger partial charge is 0.408 e. The standard InChI is InChI=1S/C15H19F3N4O2/c16-15(17,18)10-7-9(10)12-20-21-13(24-12)19-8-11(23)22-5-3-14(1-2-14)4-6-22/h9-10H,1-8H2,(H,19,21)/t9-,10?/m0/s1. The molecule has 0 aromatic carbocycles. The van der Waals surface area contributed by atoms with Crippen molar-refractivity contribution in [1.29, 1.82) is 0 Å². The molecule has 1 saturated heterocycles. The van der Waals surface area contributed by atoms with Crippen molar-refractivity contribution < 1.29 is 22.4 Å². The van der Waals surface area contributed by atoms with Crippen LogP contribution in [0.15, 0.2) is 4.42 Å². The maximum absolute atomic E-state index is 12.5. The third-order valence-corrected chi connectivity index (χ3v) is 5.49. The summed E-state index contributed by atoms with van der Waals surface area (Å²) in [6.45, 7) is 1.55. The fourth-order valence-corrected chi connectivity index (χ4v) is 3.46. The summed E-state index contributed by atoms with van der Waals surface area (Å²) < 4.78 is 42.8. The fourth-order valence-electron chi connectivity index (χ4n) is 3.46. The van der Waals surface area contributed by atoms with Gasteiger partial charge in [-0.05, 0) is 37.5 Å². The predicted molar refractivity (Wildman–Crippen MR) is 77.2 cm³/mol. The van der Waals surface area contributed by atoms with E-state index in [2.05, 4.69) is 15.5 Å². The van der Waals surface area contributed by atoms with Gasteiger partial charge in [0.1, 0.15) is 0 Å². The molecule has 1 aromatic rings. The zero-order valence-corrected chi connectivity index (χ0v) is 13.1. The first-order valence-corrected chi connectivity index (χ1v) is 8.28. The number of alkyl halides is 3. The summed E-state index contributed by atoms with van der Waals surface area (Å²) in [7, 11) is 0. The van der Waals surface area contributed by atoms with Crippen LogP contribution in [0.4, 0.5) is 19.2 Å². The number of carbonyl (C=O) groups is 1. The molecule has 0 bridgehead atoms. The Morgan fingerprint density at radius 3 is 2.54 bits per heavy atom. The number of rotatable bonds is 4. The summed E-state index contributed by atoms with van der Waals surface area (Å²) >= 11 is 0. The highest BCUT2D eigenvalue weighted by Crippen LogP contribution is 2.56. The zero-order valence-electron chi connectivity index (χ0n) is 13.1. The SMILES string of the molecule is O=C(CNc1nnc([C@H]2CC2C(F)(F)F)o1)N1CCC2(CC1)CC2. The van der Waals surface area contributed by atoms with E-state index in [0.717, 1.165) is 25.9 Å². The van der Waals surface area contributed by atoms with E-state index >= 15 is 0 Å². The van der Waals surface area contributed by atoms with Crippen molar-refractivity contribution in [3.63, 3.8) is 0 Å². The van der Waals surface area contributed by atoms with Gasteiger partial charge >= 0.3 is 12.2 Å². The van der Waals surface area contributed by atoms with Gasteiger partial charge in [-0.3, -0.25) is 4.79 Å². The number of anilines is 1. The van der Waals surface area contributed by atoms with E-state index in [-0.39, 0.29) is 30.8 Å². The second kappa shape index (κ2) is 5.35. The molecule has 9 heteroatoms. The van der Waals surface area contributed by atoms with E-state index in [1.807, 2.05) is 4.90 Å². The van der Waals surface area contributed by atoms with Crippen LogP contribution in [0.25, 0.3) is 0 Å². The fraction of sp³-hybridized carbons (Fsp3) is 0.800. The summed E-state index contributed by atoms with van der Waals surface area (Å²) in [5.41, 5.74) is 0.505. The van der Waals surface area contributed by atoms with Gasteiger partial charge in [0, 0.05) is 19.0 Å². The smallest absolute Gasteiger partial charge is 0.392 e. The Morgan fingerprint density at radius 2 is 1.96 bits per heavy atom. The number of halogens is 3. The number of aromatic nitrogens is 2. The molecule has 1 unspecified atom stereocenters. The molecular weight excluding hydrogens is 325 g/mol. The first kappa shape index (κ1) is 15.7. The molecule has 24 heavy (non-hydrogen) atoms.